The summed E-state index contributed by atoms with van der Waals surface area (Å²) in [5.74, 6) is 0. The molecule has 2 N–H and O–H groups in total. The molecule has 1 aliphatic heterocycles. The van der Waals surface area contributed by atoms with Gasteiger partial charge in [-0.15, -0.1) is 0 Å². The first-order chi connectivity index (χ1) is 9.76. The summed E-state index contributed by atoms with van der Waals surface area (Å²) in [6.45, 7) is 9.79. The molecular formula is C16H28N4. The lowest BCUT2D eigenvalue weighted by atomic mass is 10.1. The molecule has 4 nitrogen and oxygen atoms in total. The van der Waals surface area contributed by atoms with Crippen LogP contribution in [0.1, 0.15) is 31.7 Å². The number of pyridine rings is 1. The fraction of sp³-hybridized carbons (Fsp3) is 0.688. The lowest BCUT2D eigenvalue weighted by Crippen LogP contribution is -2.39. The van der Waals surface area contributed by atoms with E-state index in [2.05, 4.69) is 34.7 Å². The van der Waals surface area contributed by atoms with Crippen LogP contribution in [0.2, 0.25) is 0 Å². The molecule has 112 valence electrons. The van der Waals surface area contributed by atoms with Gasteiger partial charge in [-0.05, 0) is 44.4 Å². The predicted molar refractivity (Wildman–Crippen MR) is 85.1 cm³/mol. The van der Waals surface area contributed by atoms with E-state index in [9.17, 15) is 0 Å². The number of nitrogens with zero attached hydrogens (tertiary/aromatic N) is 3. The van der Waals surface area contributed by atoms with E-state index in [1.807, 2.05) is 12.4 Å². The molecule has 1 atom stereocenters. The molecule has 0 spiro atoms. The Hall–Kier alpha value is -1.13. The highest BCUT2D eigenvalue weighted by atomic mass is 15.2. The zero-order valence-electron chi connectivity index (χ0n) is 12.9. The van der Waals surface area contributed by atoms with Crippen molar-refractivity contribution in [3.05, 3.63) is 24.0 Å². The van der Waals surface area contributed by atoms with E-state index in [-0.39, 0.29) is 0 Å². The van der Waals surface area contributed by atoms with Gasteiger partial charge in [0.2, 0.25) is 0 Å². The van der Waals surface area contributed by atoms with Gasteiger partial charge in [-0.2, -0.15) is 0 Å². The van der Waals surface area contributed by atoms with Crippen LogP contribution >= 0.6 is 0 Å². The minimum absolute atomic E-state index is 0.651. The molecule has 4 heteroatoms. The summed E-state index contributed by atoms with van der Waals surface area (Å²) in [7, 11) is 0. The molecule has 2 rings (SSSR count). The predicted octanol–water partition coefficient (Wildman–Crippen LogP) is 2.03. The Balaban J connectivity index is 2.00. The van der Waals surface area contributed by atoms with E-state index < -0.39 is 0 Å². The lowest BCUT2D eigenvalue weighted by Gasteiger charge is -2.30. The Morgan fingerprint density at radius 2 is 2.15 bits per heavy atom. The fourth-order valence-electron chi connectivity index (χ4n) is 3.20. The molecular weight excluding hydrogens is 248 g/mol. The minimum atomic E-state index is 0.651. The van der Waals surface area contributed by atoms with Crippen LogP contribution < -0.4 is 10.6 Å². The van der Waals surface area contributed by atoms with Crippen molar-refractivity contribution in [3.63, 3.8) is 0 Å². The van der Waals surface area contributed by atoms with Crippen molar-refractivity contribution >= 4 is 5.69 Å². The van der Waals surface area contributed by atoms with E-state index in [1.54, 1.807) is 0 Å². The topological polar surface area (TPSA) is 45.4 Å². The first-order valence-corrected chi connectivity index (χ1v) is 7.86. The van der Waals surface area contributed by atoms with Gasteiger partial charge in [0, 0.05) is 50.3 Å². The zero-order valence-corrected chi connectivity index (χ0v) is 12.9. The van der Waals surface area contributed by atoms with Crippen LogP contribution in [0.25, 0.3) is 0 Å². The Kier molecular flexibility index (Phi) is 5.80. The van der Waals surface area contributed by atoms with Crippen molar-refractivity contribution in [3.8, 4) is 0 Å². The van der Waals surface area contributed by atoms with E-state index in [0.29, 0.717) is 6.04 Å². The summed E-state index contributed by atoms with van der Waals surface area (Å²) in [6.07, 6.45) is 7.40. The summed E-state index contributed by atoms with van der Waals surface area (Å²) in [5.41, 5.74) is 8.36. The van der Waals surface area contributed by atoms with Gasteiger partial charge >= 0.3 is 0 Å². The Morgan fingerprint density at radius 1 is 1.30 bits per heavy atom. The van der Waals surface area contributed by atoms with Gasteiger partial charge in [0.05, 0.1) is 0 Å². The van der Waals surface area contributed by atoms with Crippen LogP contribution in [-0.2, 0) is 0 Å². The number of nitrogens with two attached hydrogens (primary N) is 1. The summed E-state index contributed by atoms with van der Waals surface area (Å²) >= 11 is 0. The van der Waals surface area contributed by atoms with E-state index in [4.69, 9.17) is 5.73 Å². The van der Waals surface area contributed by atoms with Gasteiger partial charge in [-0.25, -0.2) is 0 Å². The molecule has 0 aliphatic carbocycles. The highest BCUT2D eigenvalue weighted by Crippen LogP contribution is 2.21. The Morgan fingerprint density at radius 3 is 2.85 bits per heavy atom. The Bertz CT molecular complexity index is 407. The number of aryl methyl sites for hydroxylation is 1. The SMILES string of the molecule is CCC(CCN)N1CCCN(c2ccncc2C)CC1. The molecule has 0 aromatic carbocycles. The molecule has 0 radical (unpaired) electrons. The third-order valence-corrected chi connectivity index (χ3v) is 4.35. The monoisotopic (exact) mass is 276 g/mol. The van der Waals surface area contributed by atoms with E-state index in [0.717, 1.165) is 32.6 Å². The number of hydrogen-bond donors (Lipinski definition) is 1. The summed E-state index contributed by atoms with van der Waals surface area (Å²) < 4.78 is 0. The van der Waals surface area contributed by atoms with Crippen molar-refractivity contribution in [2.75, 3.05) is 37.6 Å². The van der Waals surface area contributed by atoms with Crippen LogP contribution in [0.3, 0.4) is 0 Å². The van der Waals surface area contributed by atoms with Crippen LogP contribution in [-0.4, -0.2) is 48.6 Å². The van der Waals surface area contributed by atoms with Gasteiger partial charge in [-0.3, -0.25) is 9.88 Å². The normalized spacial score (nSPS) is 18.9. The Labute approximate surface area is 123 Å². The summed E-state index contributed by atoms with van der Waals surface area (Å²) in [5, 5.41) is 0. The molecule has 0 amide bonds. The average Bonchev–Trinajstić information content (AvgIpc) is 2.71. The number of rotatable bonds is 5. The molecule has 0 bridgehead atoms. The maximum atomic E-state index is 5.74. The van der Waals surface area contributed by atoms with E-state index >= 15 is 0 Å². The van der Waals surface area contributed by atoms with Crippen molar-refractivity contribution in [2.24, 2.45) is 5.73 Å². The zero-order chi connectivity index (χ0) is 14.4. The molecule has 0 saturated carbocycles. The van der Waals surface area contributed by atoms with Crippen LogP contribution in [0, 0.1) is 6.92 Å². The highest BCUT2D eigenvalue weighted by Gasteiger charge is 2.21. The third kappa shape index (κ3) is 3.70. The molecule has 1 aliphatic rings. The van der Waals surface area contributed by atoms with Crippen molar-refractivity contribution in [2.45, 2.75) is 39.2 Å². The average molecular weight is 276 g/mol. The van der Waals surface area contributed by atoms with Crippen molar-refractivity contribution in [1.82, 2.24) is 9.88 Å². The van der Waals surface area contributed by atoms with Gasteiger partial charge in [-0.1, -0.05) is 6.92 Å². The summed E-state index contributed by atoms with van der Waals surface area (Å²) in [6, 6.07) is 2.79. The first kappa shape index (κ1) is 15.3. The highest BCUT2D eigenvalue weighted by molar-refractivity contribution is 5.51. The maximum Gasteiger partial charge on any atom is 0.0427 e. The van der Waals surface area contributed by atoms with Gasteiger partial charge in [0.15, 0.2) is 0 Å². The van der Waals surface area contributed by atoms with Crippen LogP contribution in [0.15, 0.2) is 18.5 Å². The second kappa shape index (κ2) is 7.60. The summed E-state index contributed by atoms with van der Waals surface area (Å²) in [4.78, 5) is 9.33. The molecule has 1 saturated heterocycles. The third-order valence-electron chi connectivity index (χ3n) is 4.35. The molecule has 1 aromatic heterocycles. The van der Waals surface area contributed by atoms with Crippen molar-refractivity contribution < 1.29 is 0 Å². The molecule has 20 heavy (non-hydrogen) atoms. The number of anilines is 1. The smallest absolute Gasteiger partial charge is 0.0427 e. The fourth-order valence-corrected chi connectivity index (χ4v) is 3.20. The molecule has 1 aromatic rings. The second-order valence-electron chi connectivity index (χ2n) is 5.68. The second-order valence-corrected chi connectivity index (χ2v) is 5.68. The largest absolute Gasteiger partial charge is 0.370 e. The van der Waals surface area contributed by atoms with Gasteiger partial charge in [0.25, 0.3) is 0 Å². The van der Waals surface area contributed by atoms with Crippen molar-refractivity contribution in [1.29, 1.82) is 0 Å². The molecule has 1 unspecified atom stereocenters. The van der Waals surface area contributed by atoms with Gasteiger partial charge < -0.3 is 10.6 Å². The molecule has 2 heterocycles. The van der Waals surface area contributed by atoms with Gasteiger partial charge in [0.1, 0.15) is 0 Å². The quantitative estimate of drug-likeness (QED) is 0.894. The van der Waals surface area contributed by atoms with E-state index in [1.165, 1.54) is 30.6 Å². The number of aromatic nitrogens is 1. The molecule has 1 fully saturated rings. The maximum absolute atomic E-state index is 5.74. The standard InChI is InChI=1S/C16H28N4/c1-3-15(5-7-17)19-9-4-10-20(12-11-19)16-6-8-18-13-14(16)2/h6,8,13,15H,3-5,7,9-12,17H2,1-2H3. The lowest BCUT2D eigenvalue weighted by molar-refractivity contribution is 0.196. The van der Waals surface area contributed by atoms with Crippen LogP contribution in [0.4, 0.5) is 5.69 Å². The van der Waals surface area contributed by atoms with Crippen LogP contribution in [0.5, 0.6) is 0 Å². The first-order valence-electron chi connectivity index (χ1n) is 7.86. The number of hydrogen-bond acceptors (Lipinski definition) is 4. The minimum Gasteiger partial charge on any atom is -0.370 e.